The van der Waals surface area contributed by atoms with E-state index in [1.807, 2.05) is 34.1 Å². The SMILES string of the molecule is C#Cc1cc(C[C@@H](NC(=O)N2CCC(N3Cc4ccccc4NC3=O)CC2)C(=O)N2CCC(N3CCNCC3)CC2)cc(Cl)c1N. The van der Waals surface area contributed by atoms with Gasteiger partial charge < -0.3 is 36.4 Å². The molecule has 0 saturated carbocycles. The van der Waals surface area contributed by atoms with Crippen LogP contribution in [0.1, 0.15) is 42.4 Å². The van der Waals surface area contributed by atoms with Crippen LogP contribution in [0.3, 0.4) is 0 Å². The number of carbonyl (C=O) groups is 3. The Hall–Kier alpha value is -3.98. The average molecular weight is 647 g/mol. The molecule has 1 atom stereocenters. The summed E-state index contributed by atoms with van der Waals surface area (Å²) >= 11 is 6.39. The lowest BCUT2D eigenvalue weighted by Crippen LogP contribution is -2.58. The zero-order valence-corrected chi connectivity index (χ0v) is 26.9. The quantitative estimate of drug-likeness (QED) is 0.283. The topological polar surface area (TPSA) is 126 Å². The number of likely N-dealkylation sites (tertiary alicyclic amines) is 2. The molecule has 0 radical (unpaired) electrons. The zero-order chi connectivity index (χ0) is 32.2. The van der Waals surface area contributed by atoms with E-state index in [1.54, 1.807) is 17.0 Å². The van der Waals surface area contributed by atoms with E-state index in [9.17, 15) is 14.4 Å². The molecule has 3 fully saturated rings. The minimum Gasteiger partial charge on any atom is -0.397 e. The zero-order valence-electron chi connectivity index (χ0n) is 26.1. The Morgan fingerprint density at radius 1 is 1.00 bits per heavy atom. The molecule has 2 aromatic carbocycles. The lowest BCUT2D eigenvalue weighted by molar-refractivity contribution is -0.134. The molecule has 5 amide bonds. The number of piperazine rings is 1. The molecule has 2 aromatic rings. The Labute approximate surface area is 275 Å². The van der Waals surface area contributed by atoms with Gasteiger partial charge in [0, 0.05) is 88.7 Å². The summed E-state index contributed by atoms with van der Waals surface area (Å²) in [5.74, 6) is 2.46. The van der Waals surface area contributed by atoms with E-state index in [0.717, 1.165) is 55.8 Å². The molecule has 11 nitrogen and oxygen atoms in total. The summed E-state index contributed by atoms with van der Waals surface area (Å²) in [6.07, 6.45) is 9.02. The molecule has 0 unspecified atom stereocenters. The highest BCUT2D eigenvalue weighted by Crippen LogP contribution is 2.29. The van der Waals surface area contributed by atoms with Gasteiger partial charge in [0.15, 0.2) is 0 Å². The van der Waals surface area contributed by atoms with Gasteiger partial charge in [0.05, 0.1) is 10.7 Å². The molecule has 0 spiro atoms. The van der Waals surface area contributed by atoms with Crippen molar-refractivity contribution in [1.29, 1.82) is 0 Å². The van der Waals surface area contributed by atoms with Crippen molar-refractivity contribution in [2.75, 3.05) is 63.4 Å². The first-order valence-electron chi connectivity index (χ1n) is 16.3. The minimum absolute atomic E-state index is 0.0194. The monoisotopic (exact) mass is 646 g/mol. The second kappa shape index (κ2) is 14.2. The number of amides is 5. The molecule has 4 heterocycles. The van der Waals surface area contributed by atoms with Gasteiger partial charge in [0.25, 0.3) is 0 Å². The van der Waals surface area contributed by atoms with Crippen LogP contribution in [0, 0.1) is 12.3 Å². The smallest absolute Gasteiger partial charge is 0.322 e. The molecule has 4 aliphatic rings. The average Bonchev–Trinajstić information content (AvgIpc) is 3.09. The van der Waals surface area contributed by atoms with Crippen molar-refractivity contribution in [2.24, 2.45) is 0 Å². The van der Waals surface area contributed by atoms with E-state index in [4.69, 9.17) is 23.8 Å². The number of hydrogen-bond donors (Lipinski definition) is 4. The van der Waals surface area contributed by atoms with Crippen molar-refractivity contribution in [3.05, 3.63) is 58.1 Å². The number of nitrogens with zero attached hydrogens (tertiary/aromatic N) is 4. The maximum atomic E-state index is 14.0. The van der Waals surface area contributed by atoms with Crippen LogP contribution in [0.5, 0.6) is 0 Å². The number of nitrogen functional groups attached to an aromatic ring is 1. The summed E-state index contributed by atoms with van der Waals surface area (Å²) in [6, 6.07) is 10.6. The van der Waals surface area contributed by atoms with E-state index in [2.05, 4.69) is 26.8 Å². The molecule has 12 heteroatoms. The van der Waals surface area contributed by atoms with Gasteiger partial charge in [-0.25, -0.2) is 9.59 Å². The molecule has 4 aliphatic heterocycles. The van der Waals surface area contributed by atoms with Gasteiger partial charge in [-0.1, -0.05) is 35.7 Å². The Bertz CT molecular complexity index is 1490. The number of piperidine rings is 2. The summed E-state index contributed by atoms with van der Waals surface area (Å²) in [4.78, 5) is 48.5. The summed E-state index contributed by atoms with van der Waals surface area (Å²) in [5.41, 5.74) is 9.50. The number of nitrogens with two attached hydrogens (primary N) is 1. The number of anilines is 2. The van der Waals surface area contributed by atoms with Crippen LogP contribution in [0.4, 0.5) is 21.0 Å². The number of hydrogen-bond acceptors (Lipinski definition) is 6. The minimum atomic E-state index is -0.796. The number of carbonyl (C=O) groups excluding carboxylic acids is 3. The number of terminal acetylenes is 1. The van der Waals surface area contributed by atoms with Gasteiger partial charge in [-0.3, -0.25) is 9.69 Å². The standard InChI is InChI=1S/C34H43ClN8O3/c1-2-24-19-23(20-28(35)31(24)36)21-30(32(44)41-13-7-26(8-14-41)40-17-11-37-12-18-40)39-33(45)42-15-9-27(10-16-42)43-22-25-5-3-4-6-29(25)38-34(43)46/h1,3-6,19-20,26-27,30,37H,7-18,21-22,36H2,(H,38,46)(H,39,45)/t30-/m1/s1. The second-order valence-electron chi connectivity index (χ2n) is 12.7. The van der Waals surface area contributed by atoms with Crippen molar-refractivity contribution in [2.45, 2.75) is 56.8 Å². The van der Waals surface area contributed by atoms with Crippen LogP contribution in [-0.4, -0.2) is 108 Å². The molecule has 3 saturated heterocycles. The fraction of sp³-hybridized carbons (Fsp3) is 0.500. The van der Waals surface area contributed by atoms with Crippen molar-refractivity contribution in [3.63, 3.8) is 0 Å². The predicted molar refractivity (Wildman–Crippen MR) is 179 cm³/mol. The molecule has 244 valence electrons. The Morgan fingerprint density at radius 2 is 1.67 bits per heavy atom. The fourth-order valence-electron chi connectivity index (χ4n) is 7.20. The number of nitrogens with one attached hydrogen (secondary N) is 3. The Balaban J connectivity index is 1.11. The number of urea groups is 2. The van der Waals surface area contributed by atoms with Crippen LogP contribution in [-0.2, 0) is 17.8 Å². The van der Waals surface area contributed by atoms with E-state index < -0.39 is 6.04 Å². The van der Waals surface area contributed by atoms with Gasteiger partial charge in [-0.05, 0) is 55.0 Å². The number of benzene rings is 2. The Kier molecular flexibility index (Phi) is 9.87. The maximum Gasteiger partial charge on any atom is 0.322 e. The first-order chi connectivity index (χ1) is 22.3. The van der Waals surface area contributed by atoms with Crippen LogP contribution in [0.15, 0.2) is 36.4 Å². The molecule has 46 heavy (non-hydrogen) atoms. The summed E-state index contributed by atoms with van der Waals surface area (Å²) in [6.45, 7) is 6.83. The summed E-state index contributed by atoms with van der Waals surface area (Å²) in [7, 11) is 0. The normalized spacial score (nSPS) is 20.4. The number of halogens is 1. The van der Waals surface area contributed by atoms with E-state index >= 15 is 0 Å². The number of para-hydroxylation sites is 1. The number of fused-ring (bicyclic) bond motifs is 1. The first-order valence-corrected chi connectivity index (χ1v) is 16.7. The lowest BCUT2D eigenvalue weighted by atomic mass is 9.98. The number of rotatable bonds is 6. The molecule has 0 aromatic heterocycles. The van der Waals surface area contributed by atoms with Gasteiger partial charge >= 0.3 is 12.1 Å². The largest absolute Gasteiger partial charge is 0.397 e. The first kappa shape index (κ1) is 32.0. The predicted octanol–water partition coefficient (Wildman–Crippen LogP) is 2.93. The highest BCUT2D eigenvalue weighted by atomic mass is 35.5. The summed E-state index contributed by atoms with van der Waals surface area (Å²) < 4.78 is 0. The highest BCUT2D eigenvalue weighted by Gasteiger charge is 2.35. The lowest BCUT2D eigenvalue weighted by Gasteiger charge is -2.42. The van der Waals surface area contributed by atoms with Gasteiger partial charge in [-0.2, -0.15) is 0 Å². The van der Waals surface area contributed by atoms with Gasteiger partial charge in [0.1, 0.15) is 6.04 Å². The maximum absolute atomic E-state index is 14.0. The van der Waals surface area contributed by atoms with Crippen molar-refractivity contribution in [1.82, 2.24) is 30.2 Å². The fourth-order valence-corrected chi connectivity index (χ4v) is 7.45. The summed E-state index contributed by atoms with van der Waals surface area (Å²) in [5, 5.41) is 9.77. The molecule has 5 N–H and O–H groups in total. The van der Waals surface area contributed by atoms with E-state index in [-0.39, 0.29) is 30.4 Å². The van der Waals surface area contributed by atoms with Crippen LogP contribution >= 0.6 is 11.6 Å². The molecule has 0 bridgehead atoms. The van der Waals surface area contributed by atoms with E-state index in [1.165, 1.54) is 0 Å². The van der Waals surface area contributed by atoms with Crippen LogP contribution in [0.2, 0.25) is 5.02 Å². The van der Waals surface area contributed by atoms with Gasteiger partial charge in [-0.15, -0.1) is 6.42 Å². The molecule has 6 rings (SSSR count). The second-order valence-corrected chi connectivity index (χ2v) is 13.1. The van der Waals surface area contributed by atoms with Crippen molar-refractivity contribution in [3.8, 4) is 12.3 Å². The van der Waals surface area contributed by atoms with Crippen LogP contribution < -0.4 is 21.7 Å². The third kappa shape index (κ3) is 7.04. The van der Waals surface area contributed by atoms with Crippen molar-refractivity contribution >= 4 is 40.9 Å². The van der Waals surface area contributed by atoms with E-state index in [0.29, 0.717) is 67.9 Å². The van der Waals surface area contributed by atoms with Crippen LogP contribution in [0.25, 0.3) is 0 Å². The highest BCUT2D eigenvalue weighted by molar-refractivity contribution is 6.33. The third-order valence-electron chi connectivity index (χ3n) is 9.88. The molecular weight excluding hydrogens is 604 g/mol. The molecular formula is C34H43ClN8O3. The Morgan fingerprint density at radius 3 is 2.39 bits per heavy atom. The van der Waals surface area contributed by atoms with Crippen molar-refractivity contribution < 1.29 is 14.4 Å². The third-order valence-corrected chi connectivity index (χ3v) is 10.2. The van der Waals surface area contributed by atoms with Gasteiger partial charge in [0.2, 0.25) is 5.91 Å². The molecule has 0 aliphatic carbocycles.